The average Bonchev–Trinajstić information content (AvgIpc) is 3.08. The molecule has 2 rings (SSSR count). The van der Waals surface area contributed by atoms with Crippen molar-refractivity contribution in [3.63, 3.8) is 0 Å². The van der Waals surface area contributed by atoms with Crippen molar-refractivity contribution in [3.05, 3.63) is 29.3 Å². The van der Waals surface area contributed by atoms with Gasteiger partial charge >= 0.3 is 0 Å². The molecule has 1 aliphatic carbocycles. The van der Waals surface area contributed by atoms with Crippen LogP contribution in [0.5, 0.6) is 0 Å². The van der Waals surface area contributed by atoms with Crippen LogP contribution < -0.4 is 10.0 Å². The van der Waals surface area contributed by atoms with Crippen LogP contribution in [0.4, 0.5) is 5.69 Å². The van der Waals surface area contributed by atoms with Crippen molar-refractivity contribution >= 4 is 15.7 Å². The summed E-state index contributed by atoms with van der Waals surface area (Å²) in [6.45, 7) is 4.42. The topological polar surface area (TPSA) is 58.2 Å². The van der Waals surface area contributed by atoms with Gasteiger partial charge in [0.05, 0.1) is 11.4 Å². The van der Waals surface area contributed by atoms with Crippen LogP contribution in [0.1, 0.15) is 24.0 Å². The molecule has 0 radical (unpaired) electrons. The van der Waals surface area contributed by atoms with Crippen molar-refractivity contribution in [1.29, 1.82) is 0 Å². The lowest BCUT2D eigenvalue weighted by molar-refractivity contribution is 0.595. The molecule has 0 spiro atoms. The summed E-state index contributed by atoms with van der Waals surface area (Å²) in [5, 5.41) is 3.21. The Morgan fingerprint density at radius 3 is 2.67 bits per heavy atom. The molecule has 1 saturated carbocycles. The van der Waals surface area contributed by atoms with Gasteiger partial charge in [0.15, 0.2) is 0 Å². The molecule has 5 heteroatoms. The summed E-state index contributed by atoms with van der Waals surface area (Å²) >= 11 is 0. The molecule has 4 nitrogen and oxygen atoms in total. The molecule has 18 heavy (non-hydrogen) atoms. The highest BCUT2D eigenvalue weighted by Gasteiger charge is 2.21. The van der Waals surface area contributed by atoms with Crippen LogP contribution in [0.15, 0.2) is 18.2 Å². The number of anilines is 1. The van der Waals surface area contributed by atoms with Crippen molar-refractivity contribution < 1.29 is 8.42 Å². The Morgan fingerprint density at radius 1 is 1.28 bits per heavy atom. The lowest BCUT2D eigenvalue weighted by Gasteiger charge is -2.12. The normalized spacial score (nSPS) is 15.7. The maximum atomic E-state index is 11.9. The van der Waals surface area contributed by atoms with Crippen LogP contribution in [0.3, 0.4) is 0 Å². The monoisotopic (exact) mass is 268 g/mol. The van der Waals surface area contributed by atoms with Crippen molar-refractivity contribution in [2.45, 2.75) is 32.7 Å². The quantitative estimate of drug-likeness (QED) is 0.827. The van der Waals surface area contributed by atoms with Crippen LogP contribution in [0, 0.1) is 13.8 Å². The molecule has 2 N–H and O–H groups in total. The second-order valence-electron chi connectivity index (χ2n) is 4.90. The molecule has 1 fully saturated rings. The Morgan fingerprint density at radius 2 is 2.00 bits per heavy atom. The van der Waals surface area contributed by atoms with E-state index in [1.54, 1.807) is 6.07 Å². The van der Waals surface area contributed by atoms with Gasteiger partial charge in [0.25, 0.3) is 0 Å². The second kappa shape index (κ2) is 5.28. The van der Waals surface area contributed by atoms with Gasteiger partial charge in [0, 0.05) is 12.6 Å². The summed E-state index contributed by atoms with van der Waals surface area (Å²) in [5.74, 6) is 0.122. The van der Waals surface area contributed by atoms with E-state index in [1.165, 1.54) is 12.8 Å². The third-order valence-corrected chi connectivity index (χ3v) is 4.52. The Kier molecular flexibility index (Phi) is 3.92. The van der Waals surface area contributed by atoms with Gasteiger partial charge in [-0.05, 0) is 43.9 Å². The predicted octanol–water partition coefficient (Wildman–Crippen LogP) is 1.80. The van der Waals surface area contributed by atoms with Crippen LogP contribution in [0.2, 0.25) is 0 Å². The fraction of sp³-hybridized carbons (Fsp3) is 0.538. The van der Waals surface area contributed by atoms with Gasteiger partial charge in [-0.15, -0.1) is 0 Å². The summed E-state index contributed by atoms with van der Waals surface area (Å²) in [5.41, 5.74) is 2.75. The zero-order valence-corrected chi connectivity index (χ0v) is 11.7. The Balaban J connectivity index is 1.95. The van der Waals surface area contributed by atoms with Crippen LogP contribution in [-0.4, -0.2) is 26.8 Å². The van der Waals surface area contributed by atoms with Crippen LogP contribution in [0.25, 0.3) is 0 Å². The molecule has 0 amide bonds. The SMILES string of the molecule is Cc1cccc(NS(=O)(=O)CCNC2CC2)c1C. The molecule has 0 atom stereocenters. The van der Waals surface area contributed by atoms with Gasteiger partial charge in [0.2, 0.25) is 10.0 Å². The molecule has 0 bridgehead atoms. The predicted molar refractivity (Wildman–Crippen MR) is 74.4 cm³/mol. The standard InChI is InChI=1S/C13H20N2O2S/c1-10-4-3-5-13(11(10)2)15-18(16,17)9-8-14-12-6-7-12/h3-5,12,14-15H,6-9H2,1-2H3. The molecule has 0 heterocycles. The van der Waals surface area contributed by atoms with Crippen molar-refractivity contribution in [2.75, 3.05) is 17.0 Å². The van der Waals surface area contributed by atoms with E-state index in [9.17, 15) is 8.42 Å². The van der Waals surface area contributed by atoms with E-state index in [1.807, 2.05) is 26.0 Å². The molecule has 0 aromatic heterocycles. The van der Waals surface area contributed by atoms with Crippen molar-refractivity contribution in [1.82, 2.24) is 5.32 Å². The van der Waals surface area contributed by atoms with E-state index in [2.05, 4.69) is 10.0 Å². The fourth-order valence-electron chi connectivity index (χ4n) is 1.77. The maximum Gasteiger partial charge on any atom is 0.233 e. The van der Waals surface area contributed by atoms with Crippen LogP contribution >= 0.6 is 0 Å². The molecular weight excluding hydrogens is 248 g/mol. The second-order valence-corrected chi connectivity index (χ2v) is 6.74. The first-order chi connectivity index (χ1) is 8.48. The van der Waals surface area contributed by atoms with E-state index in [-0.39, 0.29) is 5.75 Å². The highest BCUT2D eigenvalue weighted by atomic mass is 32.2. The van der Waals surface area contributed by atoms with E-state index in [0.29, 0.717) is 18.3 Å². The van der Waals surface area contributed by atoms with Crippen molar-refractivity contribution in [2.24, 2.45) is 0 Å². The van der Waals surface area contributed by atoms with Gasteiger partial charge < -0.3 is 5.32 Å². The smallest absolute Gasteiger partial charge is 0.233 e. The summed E-state index contributed by atoms with van der Waals surface area (Å²) in [6, 6.07) is 6.18. The zero-order valence-electron chi connectivity index (χ0n) is 10.9. The minimum atomic E-state index is -3.25. The Bertz CT molecular complexity index is 522. The molecule has 1 aromatic carbocycles. The largest absolute Gasteiger partial charge is 0.313 e. The lowest BCUT2D eigenvalue weighted by Crippen LogP contribution is -2.28. The van der Waals surface area contributed by atoms with Gasteiger partial charge in [-0.2, -0.15) is 0 Å². The number of hydrogen-bond donors (Lipinski definition) is 2. The third-order valence-electron chi connectivity index (χ3n) is 3.25. The minimum Gasteiger partial charge on any atom is -0.313 e. The number of aryl methyl sites for hydroxylation is 1. The fourth-order valence-corrected chi connectivity index (χ4v) is 2.81. The summed E-state index contributed by atoms with van der Waals surface area (Å²) in [7, 11) is -3.25. The number of nitrogens with one attached hydrogen (secondary N) is 2. The number of sulfonamides is 1. The molecule has 0 aliphatic heterocycles. The van der Waals surface area contributed by atoms with E-state index < -0.39 is 10.0 Å². The molecule has 1 aliphatic rings. The molecular formula is C13H20N2O2S. The zero-order chi connectivity index (χ0) is 13.2. The Hall–Kier alpha value is -1.07. The first-order valence-electron chi connectivity index (χ1n) is 6.28. The van der Waals surface area contributed by atoms with Gasteiger partial charge in [-0.3, -0.25) is 4.72 Å². The lowest BCUT2D eigenvalue weighted by atomic mass is 10.1. The Labute approximate surface area is 109 Å². The first-order valence-corrected chi connectivity index (χ1v) is 7.93. The van der Waals surface area contributed by atoms with Crippen molar-refractivity contribution in [3.8, 4) is 0 Å². The summed E-state index contributed by atoms with van der Waals surface area (Å²) in [6.07, 6.45) is 2.34. The van der Waals surface area contributed by atoms with E-state index in [0.717, 1.165) is 11.1 Å². The van der Waals surface area contributed by atoms with E-state index in [4.69, 9.17) is 0 Å². The third kappa shape index (κ3) is 3.71. The summed E-state index contributed by atoms with van der Waals surface area (Å²) < 4.78 is 26.5. The van der Waals surface area contributed by atoms with E-state index >= 15 is 0 Å². The highest BCUT2D eigenvalue weighted by Crippen LogP contribution is 2.20. The van der Waals surface area contributed by atoms with Gasteiger partial charge in [-0.25, -0.2) is 8.42 Å². The molecule has 1 aromatic rings. The first kappa shape index (κ1) is 13.4. The average molecular weight is 268 g/mol. The van der Waals surface area contributed by atoms with Gasteiger partial charge in [-0.1, -0.05) is 12.1 Å². The van der Waals surface area contributed by atoms with Crippen LogP contribution in [-0.2, 0) is 10.0 Å². The highest BCUT2D eigenvalue weighted by molar-refractivity contribution is 7.92. The molecule has 100 valence electrons. The summed E-state index contributed by atoms with van der Waals surface area (Å²) in [4.78, 5) is 0. The molecule has 0 unspecified atom stereocenters. The maximum absolute atomic E-state index is 11.9. The number of hydrogen-bond acceptors (Lipinski definition) is 3. The number of benzene rings is 1. The molecule has 0 saturated heterocycles. The number of rotatable bonds is 6. The van der Waals surface area contributed by atoms with Gasteiger partial charge in [0.1, 0.15) is 0 Å². The minimum absolute atomic E-state index is 0.122.